The number of rotatable bonds is 4. The van der Waals surface area contributed by atoms with Gasteiger partial charge in [0.2, 0.25) is 5.91 Å². The summed E-state index contributed by atoms with van der Waals surface area (Å²) in [6.45, 7) is 0.0839. The standard InChI is InChI=1S/C20H22N6O3/c1-23(2)15-9-7-14(8-10-15)6-5-11-21-16(27)12-26-13-22-18-17(26)19(28)25(4)20(29)24(18)3/h7-10,13H,11-12H2,1-4H3,(H,21,27). The van der Waals surface area contributed by atoms with Gasteiger partial charge in [-0.1, -0.05) is 11.8 Å². The second kappa shape index (κ2) is 8.06. The summed E-state index contributed by atoms with van der Waals surface area (Å²) in [6.07, 6.45) is 1.38. The Hall–Kier alpha value is -3.80. The first-order valence-electron chi connectivity index (χ1n) is 8.93. The molecule has 9 heteroatoms. The zero-order valence-corrected chi connectivity index (χ0v) is 16.8. The summed E-state index contributed by atoms with van der Waals surface area (Å²) < 4.78 is 3.70. The lowest BCUT2D eigenvalue weighted by Gasteiger charge is -2.11. The molecule has 0 unspecified atom stereocenters. The molecule has 1 N–H and O–H groups in total. The van der Waals surface area contributed by atoms with Crippen LogP contribution in [-0.4, -0.2) is 45.2 Å². The Kier molecular flexibility index (Phi) is 5.54. The van der Waals surface area contributed by atoms with Crippen LogP contribution in [0.25, 0.3) is 11.2 Å². The van der Waals surface area contributed by atoms with E-state index in [2.05, 4.69) is 22.1 Å². The van der Waals surface area contributed by atoms with Crippen molar-refractivity contribution in [3.8, 4) is 11.8 Å². The molecule has 3 rings (SSSR count). The van der Waals surface area contributed by atoms with E-state index in [1.54, 1.807) is 0 Å². The smallest absolute Gasteiger partial charge is 0.332 e. The number of nitrogens with one attached hydrogen (secondary N) is 1. The molecule has 0 radical (unpaired) electrons. The molecule has 1 amide bonds. The van der Waals surface area contributed by atoms with Crippen LogP contribution in [-0.2, 0) is 25.4 Å². The molecule has 29 heavy (non-hydrogen) atoms. The van der Waals surface area contributed by atoms with Crippen LogP contribution in [0.2, 0.25) is 0 Å². The number of amides is 1. The molecule has 0 bridgehead atoms. The third-order valence-electron chi connectivity index (χ3n) is 4.52. The number of benzene rings is 1. The van der Waals surface area contributed by atoms with Crippen LogP contribution in [0.1, 0.15) is 5.56 Å². The Morgan fingerprint density at radius 1 is 1.14 bits per heavy atom. The van der Waals surface area contributed by atoms with E-state index in [9.17, 15) is 14.4 Å². The molecule has 0 aliphatic heterocycles. The van der Waals surface area contributed by atoms with Crippen LogP contribution in [0, 0.1) is 11.8 Å². The molecular formula is C20H22N6O3. The molecular weight excluding hydrogens is 372 g/mol. The zero-order valence-electron chi connectivity index (χ0n) is 16.8. The van der Waals surface area contributed by atoms with Crippen LogP contribution in [0.4, 0.5) is 5.69 Å². The molecule has 2 aromatic heterocycles. The van der Waals surface area contributed by atoms with E-state index in [-0.39, 0.29) is 30.2 Å². The number of fused-ring (bicyclic) bond motifs is 1. The van der Waals surface area contributed by atoms with E-state index < -0.39 is 11.2 Å². The number of imidazole rings is 1. The SMILES string of the molecule is CN(C)c1ccc(C#CCNC(=O)Cn2cnc3c2c(=O)n(C)c(=O)n3C)cc1. The second-order valence-electron chi connectivity index (χ2n) is 6.77. The first-order valence-corrected chi connectivity index (χ1v) is 8.93. The van der Waals surface area contributed by atoms with Crippen LogP contribution >= 0.6 is 0 Å². The Morgan fingerprint density at radius 2 is 1.83 bits per heavy atom. The van der Waals surface area contributed by atoms with Crippen molar-refractivity contribution in [2.24, 2.45) is 14.1 Å². The van der Waals surface area contributed by atoms with Gasteiger partial charge in [-0.25, -0.2) is 9.78 Å². The van der Waals surface area contributed by atoms with Gasteiger partial charge in [0.25, 0.3) is 5.56 Å². The quantitative estimate of drug-likeness (QED) is 0.612. The summed E-state index contributed by atoms with van der Waals surface area (Å²) in [7, 11) is 6.86. The van der Waals surface area contributed by atoms with E-state index >= 15 is 0 Å². The average molecular weight is 394 g/mol. The number of hydrogen-bond acceptors (Lipinski definition) is 5. The fourth-order valence-electron chi connectivity index (χ4n) is 2.86. The lowest BCUT2D eigenvalue weighted by atomic mass is 10.2. The number of hydrogen-bond donors (Lipinski definition) is 1. The summed E-state index contributed by atoms with van der Waals surface area (Å²) in [4.78, 5) is 42.7. The highest BCUT2D eigenvalue weighted by Crippen LogP contribution is 2.11. The van der Waals surface area contributed by atoms with Gasteiger partial charge in [0.05, 0.1) is 12.9 Å². The van der Waals surface area contributed by atoms with Crippen LogP contribution in [0.15, 0.2) is 40.2 Å². The van der Waals surface area contributed by atoms with Crippen LogP contribution < -0.4 is 21.5 Å². The molecule has 0 aliphatic rings. The molecule has 0 aliphatic carbocycles. The summed E-state index contributed by atoms with van der Waals surface area (Å²) in [5.41, 5.74) is 1.43. The Balaban J connectivity index is 1.67. The third-order valence-corrected chi connectivity index (χ3v) is 4.52. The van der Waals surface area contributed by atoms with Gasteiger partial charge < -0.3 is 14.8 Å². The predicted molar refractivity (Wildman–Crippen MR) is 111 cm³/mol. The van der Waals surface area contributed by atoms with Crippen molar-refractivity contribution >= 4 is 22.8 Å². The molecule has 3 aromatic rings. The Labute approximate surface area is 167 Å². The maximum atomic E-state index is 12.4. The number of aromatic nitrogens is 4. The van der Waals surface area contributed by atoms with E-state index in [1.165, 1.54) is 29.6 Å². The zero-order chi connectivity index (χ0) is 21.1. The van der Waals surface area contributed by atoms with E-state index in [0.29, 0.717) is 0 Å². The van der Waals surface area contributed by atoms with Crippen molar-refractivity contribution in [2.45, 2.75) is 6.54 Å². The summed E-state index contributed by atoms with van der Waals surface area (Å²) in [5, 5.41) is 2.70. The van der Waals surface area contributed by atoms with E-state index in [1.807, 2.05) is 43.3 Å². The van der Waals surface area contributed by atoms with Gasteiger partial charge in [-0.3, -0.25) is 18.7 Å². The van der Waals surface area contributed by atoms with Crippen molar-refractivity contribution in [3.63, 3.8) is 0 Å². The largest absolute Gasteiger partial charge is 0.378 e. The lowest BCUT2D eigenvalue weighted by Crippen LogP contribution is -2.38. The summed E-state index contributed by atoms with van der Waals surface area (Å²) >= 11 is 0. The maximum absolute atomic E-state index is 12.4. The normalized spacial score (nSPS) is 10.5. The molecule has 0 saturated carbocycles. The van der Waals surface area contributed by atoms with Gasteiger partial charge in [-0.05, 0) is 24.3 Å². The molecule has 9 nitrogen and oxygen atoms in total. The minimum Gasteiger partial charge on any atom is -0.378 e. The first kappa shape index (κ1) is 19.9. The van der Waals surface area contributed by atoms with Crippen molar-refractivity contribution in [3.05, 3.63) is 57.0 Å². The lowest BCUT2D eigenvalue weighted by molar-refractivity contribution is -0.121. The topological polar surface area (TPSA) is 94.2 Å². The van der Waals surface area contributed by atoms with E-state index in [4.69, 9.17) is 0 Å². The van der Waals surface area contributed by atoms with Gasteiger partial charge >= 0.3 is 5.69 Å². The predicted octanol–water partition coefficient (Wildman–Crippen LogP) is -0.332. The molecule has 0 fully saturated rings. The molecule has 150 valence electrons. The highest BCUT2D eigenvalue weighted by Gasteiger charge is 2.15. The van der Waals surface area contributed by atoms with Gasteiger partial charge in [-0.2, -0.15) is 0 Å². The van der Waals surface area contributed by atoms with Gasteiger partial charge in [0.15, 0.2) is 11.2 Å². The summed E-state index contributed by atoms with van der Waals surface area (Å²) in [5.74, 6) is 5.59. The number of aryl methyl sites for hydroxylation is 1. The van der Waals surface area contributed by atoms with Gasteiger partial charge in [-0.15, -0.1) is 0 Å². The maximum Gasteiger partial charge on any atom is 0.332 e. The highest BCUT2D eigenvalue weighted by atomic mass is 16.2. The van der Waals surface area contributed by atoms with Crippen LogP contribution in [0.5, 0.6) is 0 Å². The van der Waals surface area contributed by atoms with Crippen molar-refractivity contribution in [2.75, 3.05) is 25.5 Å². The van der Waals surface area contributed by atoms with Gasteiger partial charge in [0.1, 0.15) is 6.54 Å². The molecule has 2 heterocycles. The second-order valence-corrected chi connectivity index (χ2v) is 6.77. The highest BCUT2D eigenvalue weighted by molar-refractivity contribution is 5.79. The molecule has 0 saturated heterocycles. The van der Waals surface area contributed by atoms with Crippen molar-refractivity contribution in [1.29, 1.82) is 0 Å². The molecule has 1 aromatic carbocycles. The molecule has 0 atom stereocenters. The number of anilines is 1. The molecule has 0 spiro atoms. The fraction of sp³-hybridized carbons (Fsp3) is 0.300. The third kappa shape index (κ3) is 4.06. The number of carbonyl (C=O) groups excluding carboxylic acids is 1. The number of carbonyl (C=O) groups is 1. The first-order chi connectivity index (χ1) is 13.8. The minimum atomic E-state index is -0.491. The van der Waals surface area contributed by atoms with Crippen molar-refractivity contribution in [1.82, 2.24) is 24.0 Å². The van der Waals surface area contributed by atoms with Gasteiger partial charge in [0, 0.05) is 39.4 Å². The van der Waals surface area contributed by atoms with Crippen LogP contribution in [0.3, 0.4) is 0 Å². The monoisotopic (exact) mass is 394 g/mol. The van der Waals surface area contributed by atoms with Crippen molar-refractivity contribution < 1.29 is 4.79 Å². The summed E-state index contributed by atoms with van der Waals surface area (Å²) in [6, 6.07) is 7.78. The van der Waals surface area contributed by atoms with E-state index in [0.717, 1.165) is 15.8 Å². The number of nitrogens with zero attached hydrogens (tertiary/aromatic N) is 5. The Morgan fingerprint density at radius 3 is 2.48 bits per heavy atom. The average Bonchev–Trinajstić information content (AvgIpc) is 3.12. The fourth-order valence-corrected chi connectivity index (χ4v) is 2.86. The Bertz CT molecular complexity index is 1240. The minimum absolute atomic E-state index is 0.0941.